The Balaban J connectivity index is 2.46. The fraction of sp³-hybridized carbons (Fsp3) is 0.111. The van der Waals surface area contributed by atoms with Crippen molar-refractivity contribution < 1.29 is 9.21 Å². The summed E-state index contributed by atoms with van der Waals surface area (Å²) in [6, 6.07) is 3.86. The van der Waals surface area contributed by atoms with Crippen LogP contribution in [0.4, 0.5) is 0 Å². The molecule has 2 rings (SSSR count). The lowest BCUT2D eigenvalue weighted by Gasteiger charge is -2.09. The van der Waals surface area contributed by atoms with E-state index in [1.54, 1.807) is 12.1 Å². The van der Waals surface area contributed by atoms with E-state index in [9.17, 15) is 9.59 Å². The smallest absolute Gasteiger partial charge is 0.408 e. The van der Waals surface area contributed by atoms with Gasteiger partial charge < -0.3 is 10.2 Å². The maximum atomic E-state index is 11.2. The fourth-order valence-corrected chi connectivity index (χ4v) is 1.40. The van der Waals surface area contributed by atoms with Gasteiger partial charge in [0.15, 0.2) is 5.58 Å². The van der Waals surface area contributed by atoms with E-state index in [0.717, 1.165) is 0 Å². The van der Waals surface area contributed by atoms with E-state index in [2.05, 4.69) is 4.98 Å². The van der Waals surface area contributed by atoms with Gasteiger partial charge in [-0.05, 0) is 17.7 Å². The molecular formula is C9H10N4O3. The van der Waals surface area contributed by atoms with Crippen LogP contribution in [0.2, 0.25) is 0 Å². The van der Waals surface area contributed by atoms with Gasteiger partial charge in [0, 0.05) is 0 Å². The highest BCUT2D eigenvalue weighted by Crippen LogP contribution is 2.16. The summed E-state index contributed by atoms with van der Waals surface area (Å²) in [5.74, 6) is 3.90. The first-order valence-corrected chi connectivity index (χ1v) is 4.50. The number of rotatable bonds is 2. The number of aromatic nitrogens is 1. The predicted molar refractivity (Wildman–Crippen MR) is 56.1 cm³/mol. The molecule has 2 aromatic rings. The molecule has 1 atom stereocenters. The van der Waals surface area contributed by atoms with Crippen molar-refractivity contribution in [1.82, 2.24) is 10.4 Å². The molecule has 6 N–H and O–H groups in total. The summed E-state index contributed by atoms with van der Waals surface area (Å²) in [6.45, 7) is 0. The van der Waals surface area contributed by atoms with Crippen LogP contribution in [0.5, 0.6) is 0 Å². The van der Waals surface area contributed by atoms with Gasteiger partial charge in [0.2, 0.25) is 0 Å². The average Bonchev–Trinajstić information content (AvgIpc) is 2.65. The lowest BCUT2D eigenvalue weighted by atomic mass is 10.1. The zero-order valence-electron chi connectivity index (χ0n) is 8.19. The van der Waals surface area contributed by atoms with Crippen molar-refractivity contribution in [3.05, 3.63) is 34.3 Å². The summed E-state index contributed by atoms with van der Waals surface area (Å²) < 4.78 is 4.84. The Morgan fingerprint density at radius 2 is 2.25 bits per heavy atom. The second kappa shape index (κ2) is 3.80. The number of H-pyrrole nitrogens is 1. The molecule has 0 aliphatic rings. The molecule has 0 saturated heterocycles. The topological polar surface area (TPSA) is 127 Å². The number of hydrazine groups is 1. The summed E-state index contributed by atoms with van der Waals surface area (Å²) in [5.41, 5.74) is 8.99. The molecule has 0 fully saturated rings. The number of oxazole rings is 1. The SMILES string of the molecule is NNC(=O)C(N)c1ccc2[nH]c(=O)oc2c1. The molecule has 0 bridgehead atoms. The highest BCUT2D eigenvalue weighted by atomic mass is 16.4. The minimum atomic E-state index is -0.894. The summed E-state index contributed by atoms with van der Waals surface area (Å²) in [6.07, 6.45) is 0. The third-order valence-corrected chi connectivity index (χ3v) is 2.23. The monoisotopic (exact) mass is 222 g/mol. The number of carbonyl (C=O) groups excluding carboxylic acids is 1. The third kappa shape index (κ3) is 1.69. The highest BCUT2D eigenvalue weighted by molar-refractivity contribution is 5.84. The van der Waals surface area contributed by atoms with Crippen molar-refractivity contribution in [2.45, 2.75) is 6.04 Å². The average molecular weight is 222 g/mol. The Labute approximate surface area is 89.4 Å². The van der Waals surface area contributed by atoms with E-state index in [1.807, 2.05) is 5.43 Å². The zero-order chi connectivity index (χ0) is 11.7. The van der Waals surface area contributed by atoms with Crippen LogP contribution in [-0.2, 0) is 4.79 Å². The molecule has 0 aliphatic heterocycles. The van der Waals surface area contributed by atoms with Gasteiger partial charge in [0.1, 0.15) is 6.04 Å². The van der Waals surface area contributed by atoms with Gasteiger partial charge in [-0.1, -0.05) is 6.07 Å². The maximum Gasteiger partial charge on any atom is 0.417 e. The largest absolute Gasteiger partial charge is 0.417 e. The van der Waals surface area contributed by atoms with Crippen LogP contribution >= 0.6 is 0 Å². The van der Waals surface area contributed by atoms with Crippen LogP contribution in [0.1, 0.15) is 11.6 Å². The standard InChI is InChI=1S/C9H10N4O3/c10-7(8(14)13-11)4-1-2-5-6(3-4)16-9(15)12-5/h1-3,7H,10-11H2,(H,12,15)(H,13,14). The molecule has 7 heteroatoms. The Morgan fingerprint density at radius 3 is 2.94 bits per heavy atom. The van der Waals surface area contributed by atoms with Gasteiger partial charge in [0.05, 0.1) is 5.52 Å². The minimum absolute atomic E-state index is 0.350. The lowest BCUT2D eigenvalue weighted by Crippen LogP contribution is -2.38. The van der Waals surface area contributed by atoms with Crippen LogP contribution in [0.15, 0.2) is 27.4 Å². The van der Waals surface area contributed by atoms with Crippen molar-refractivity contribution in [2.75, 3.05) is 0 Å². The molecule has 1 heterocycles. The van der Waals surface area contributed by atoms with Crippen molar-refractivity contribution in [1.29, 1.82) is 0 Å². The van der Waals surface area contributed by atoms with Crippen molar-refractivity contribution >= 4 is 17.0 Å². The summed E-state index contributed by atoms with van der Waals surface area (Å²) in [5, 5.41) is 0. The van der Waals surface area contributed by atoms with Crippen molar-refractivity contribution in [3.8, 4) is 0 Å². The van der Waals surface area contributed by atoms with Crippen molar-refractivity contribution in [3.63, 3.8) is 0 Å². The van der Waals surface area contributed by atoms with Gasteiger partial charge >= 0.3 is 5.76 Å². The Hall–Kier alpha value is -2.12. The van der Waals surface area contributed by atoms with Gasteiger partial charge in [-0.25, -0.2) is 10.6 Å². The van der Waals surface area contributed by atoms with Gasteiger partial charge in [-0.3, -0.25) is 15.2 Å². The first kappa shape index (κ1) is 10.4. The number of aromatic amines is 1. The number of benzene rings is 1. The molecule has 1 aromatic carbocycles. The van der Waals surface area contributed by atoms with Gasteiger partial charge in [-0.2, -0.15) is 0 Å². The van der Waals surface area contributed by atoms with Crippen LogP contribution in [0, 0.1) is 0 Å². The summed E-state index contributed by atoms with van der Waals surface area (Å²) in [4.78, 5) is 24.6. The van der Waals surface area contributed by atoms with E-state index in [0.29, 0.717) is 16.7 Å². The molecule has 0 aliphatic carbocycles. The number of carbonyl (C=O) groups is 1. The summed E-state index contributed by atoms with van der Waals surface area (Å²) in [7, 11) is 0. The molecule has 1 unspecified atom stereocenters. The van der Waals surface area contributed by atoms with Crippen molar-refractivity contribution in [2.24, 2.45) is 11.6 Å². The third-order valence-electron chi connectivity index (χ3n) is 2.23. The summed E-state index contributed by atoms with van der Waals surface area (Å²) >= 11 is 0. The van der Waals surface area contributed by atoms with E-state index < -0.39 is 17.7 Å². The van der Waals surface area contributed by atoms with E-state index >= 15 is 0 Å². The fourth-order valence-electron chi connectivity index (χ4n) is 1.40. The number of nitrogens with two attached hydrogens (primary N) is 2. The maximum absolute atomic E-state index is 11.2. The van der Waals surface area contributed by atoms with Crippen LogP contribution in [-0.4, -0.2) is 10.9 Å². The minimum Gasteiger partial charge on any atom is -0.408 e. The second-order valence-electron chi connectivity index (χ2n) is 3.26. The van der Waals surface area contributed by atoms with E-state index in [1.165, 1.54) is 6.07 Å². The first-order chi connectivity index (χ1) is 7.61. The van der Waals surface area contributed by atoms with E-state index in [4.69, 9.17) is 16.0 Å². The molecule has 84 valence electrons. The number of hydrogen-bond donors (Lipinski definition) is 4. The Kier molecular flexibility index (Phi) is 2.47. The zero-order valence-corrected chi connectivity index (χ0v) is 8.19. The molecule has 1 amide bonds. The Bertz CT molecular complexity index is 586. The molecule has 7 nitrogen and oxygen atoms in total. The number of hydrogen-bond acceptors (Lipinski definition) is 5. The molecule has 0 radical (unpaired) electrons. The molecular weight excluding hydrogens is 212 g/mol. The van der Waals surface area contributed by atoms with Crippen LogP contribution in [0.3, 0.4) is 0 Å². The number of amides is 1. The quantitative estimate of drug-likeness (QED) is 0.298. The molecule has 16 heavy (non-hydrogen) atoms. The van der Waals surface area contributed by atoms with Gasteiger partial charge in [0.25, 0.3) is 5.91 Å². The second-order valence-corrected chi connectivity index (χ2v) is 3.26. The predicted octanol–water partition coefficient (Wildman–Crippen LogP) is -0.889. The number of nitrogens with one attached hydrogen (secondary N) is 2. The van der Waals surface area contributed by atoms with Crippen LogP contribution < -0.4 is 22.8 Å². The highest BCUT2D eigenvalue weighted by Gasteiger charge is 2.15. The molecule has 1 aromatic heterocycles. The first-order valence-electron chi connectivity index (χ1n) is 4.50. The Morgan fingerprint density at radius 1 is 1.50 bits per heavy atom. The van der Waals surface area contributed by atoms with Gasteiger partial charge in [-0.15, -0.1) is 0 Å². The normalized spacial score (nSPS) is 12.6. The molecule has 0 saturated carbocycles. The number of fused-ring (bicyclic) bond motifs is 1. The molecule has 0 spiro atoms. The lowest BCUT2D eigenvalue weighted by molar-refractivity contribution is -0.122. The van der Waals surface area contributed by atoms with E-state index in [-0.39, 0.29) is 0 Å². The van der Waals surface area contributed by atoms with Crippen LogP contribution in [0.25, 0.3) is 11.1 Å².